The Hall–Kier alpha value is -2.60. The number of likely N-dealkylation sites (tertiary alicyclic amines) is 1. The molecule has 0 radical (unpaired) electrons. The van der Waals surface area contributed by atoms with Gasteiger partial charge in [-0.25, -0.2) is 9.78 Å². The number of urea groups is 1. The molecule has 2 saturated heterocycles. The number of hydrogen-bond donors (Lipinski definition) is 1. The van der Waals surface area contributed by atoms with Gasteiger partial charge in [0.15, 0.2) is 0 Å². The lowest BCUT2D eigenvalue weighted by Crippen LogP contribution is -2.52. The van der Waals surface area contributed by atoms with Crippen LogP contribution in [-0.4, -0.2) is 41.7 Å². The third-order valence-electron chi connectivity index (χ3n) is 5.99. The number of hydrogen-bond acceptors (Lipinski definition) is 4. The Kier molecular flexibility index (Phi) is 5.72. The van der Waals surface area contributed by atoms with Crippen LogP contribution >= 0.6 is 0 Å². The number of rotatable bonds is 4. The largest absolute Gasteiger partial charge is 0.481 e. The molecule has 0 bridgehead atoms. The summed E-state index contributed by atoms with van der Waals surface area (Å²) in [5.74, 6) is 0.577. The van der Waals surface area contributed by atoms with Crippen LogP contribution in [0.5, 0.6) is 5.88 Å². The van der Waals surface area contributed by atoms with Gasteiger partial charge in [-0.15, -0.1) is 0 Å². The van der Waals surface area contributed by atoms with E-state index in [1.165, 1.54) is 5.56 Å². The fourth-order valence-corrected chi connectivity index (χ4v) is 4.56. The normalized spacial score (nSPS) is 23.6. The molecule has 4 rings (SSSR count). The summed E-state index contributed by atoms with van der Waals surface area (Å²) in [4.78, 5) is 19.4. The summed E-state index contributed by atoms with van der Waals surface area (Å²) in [5, 5.41) is 3.08. The predicted octanol–water partition coefficient (Wildman–Crippen LogP) is 3.91. The van der Waals surface area contributed by atoms with Gasteiger partial charge in [0, 0.05) is 24.2 Å². The lowest BCUT2D eigenvalue weighted by molar-refractivity contribution is 0.00551. The Bertz CT molecular complexity index is 871. The molecule has 0 saturated carbocycles. The van der Waals surface area contributed by atoms with Crippen LogP contribution in [0.2, 0.25) is 0 Å². The van der Waals surface area contributed by atoms with Crippen molar-refractivity contribution in [2.45, 2.75) is 57.9 Å². The van der Waals surface area contributed by atoms with Crippen molar-refractivity contribution in [3.63, 3.8) is 0 Å². The lowest BCUT2D eigenvalue weighted by atomic mass is 9.96. The number of nitrogens with zero attached hydrogens (tertiary/aromatic N) is 2. The van der Waals surface area contributed by atoms with E-state index >= 15 is 0 Å². The average Bonchev–Trinajstić information content (AvgIpc) is 3.17. The van der Waals surface area contributed by atoms with Gasteiger partial charge >= 0.3 is 6.03 Å². The highest BCUT2D eigenvalue weighted by molar-refractivity contribution is 5.75. The molecule has 1 aromatic carbocycles. The van der Waals surface area contributed by atoms with Crippen molar-refractivity contribution in [1.82, 2.24) is 15.2 Å². The molecule has 154 valence electrons. The molecular weight excluding hydrogens is 366 g/mol. The standard InChI is InChI=1S/C23H29N3O3/c1-15-12-16(2)25-22(28-3)18(15)14-24-23(27)26-11-7-10-20-19(26)13-21(29-20)17-8-5-4-6-9-17/h4-6,8-9,12,19-21H,7,10-11,13-14H2,1-3H3,(H,24,27). The molecule has 2 aliphatic rings. The van der Waals surface area contributed by atoms with E-state index in [1.54, 1.807) is 7.11 Å². The molecule has 2 fully saturated rings. The molecule has 2 aromatic rings. The highest BCUT2D eigenvalue weighted by atomic mass is 16.5. The van der Waals surface area contributed by atoms with Crippen molar-refractivity contribution in [2.24, 2.45) is 0 Å². The van der Waals surface area contributed by atoms with Crippen molar-refractivity contribution in [1.29, 1.82) is 0 Å². The van der Waals surface area contributed by atoms with Gasteiger partial charge in [-0.3, -0.25) is 0 Å². The van der Waals surface area contributed by atoms with Gasteiger partial charge in [0.25, 0.3) is 0 Å². The number of carbonyl (C=O) groups excluding carboxylic acids is 1. The van der Waals surface area contributed by atoms with Gasteiger partial charge in [-0.1, -0.05) is 30.3 Å². The maximum atomic E-state index is 13.0. The van der Waals surface area contributed by atoms with Crippen LogP contribution < -0.4 is 10.1 Å². The smallest absolute Gasteiger partial charge is 0.318 e. The van der Waals surface area contributed by atoms with Gasteiger partial charge < -0.3 is 19.7 Å². The quantitative estimate of drug-likeness (QED) is 0.853. The number of benzene rings is 1. The molecule has 0 aliphatic carbocycles. The average molecular weight is 396 g/mol. The second kappa shape index (κ2) is 8.41. The number of nitrogens with one attached hydrogen (secondary N) is 1. The summed E-state index contributed by atoms with van der Waals surface area (Å²) >= 11 is 0. The van der Waals surface area contributed by atoms with Crippen LogP contribution in [0.3, 0.4) is 0 Å². The Balaban J connectivity index is 1.44. The molecule has 3 heterocycles. The van der Waals surface area contributed by atoms with Gasteiger partial charge in [0.1, 0.15) is 0 Å². The second-order valence-electron chi connectivity index (χ2n) is 7.94. The number of aromatic nitrogens is 1. The van der Waals surface area contributed by atoms with Gasteiger partial charge in [-0.2, -0.15) is 0 Å². The molecule has 1 N–H and O–H groups in total. The van der Waals surface area contributed by atoms with Crippen LogP contribution in [0.4, 0.5) is 4.79 Å². The summed E-state index contributed by atoms with van der Waals surface area (Å²) in [7, 11) is 1.61. The number of methoxy groups -OCH3 is 1. The molecule has 3 unspecified atom stereocenters. The fourth-order valence-electron chi connectivity index (χ4n) is 4.56. The van der Waals surface area contributed by atoms with E-state index in [4.69, 9.17) is 9.47 Å². The molecule has 6 nitrogen and oxygen atoms in total. The zero-order chi connectivity index (χ0) is 20.4. The Morgan fingerprint density at radius 2 is 2.10 bits per heavy atom. The van der Waals surface area contributed by atoms with Crippen molar-refractivity contribution < 1.29 is 14.3 Å². The number of fused-ring (bicyclic) bond motifs is 1. The van der Waals surface area contributed by atoms with E-state index < -0.39 is 0 Å². The molecule has 1 aromatic heterocycles. The van der Waals surface area contributed by atoms with Crippen LogP contribution in [0.15, 0.2) is 36.4 Å². The second-order valence-corrected chi connectivity index (χ2v) is 7.94. The monoisotopic (exact) mass is 395 g/mol. The Morgan fingerprint density at radius 3 is 2.86 bits per heavy atom. The first-order valence-electron chi connectivity index (χ1n) is 10.3. The van der Waals surface area contributed by atoms with Gasteiger partial charge in [0.2, 0.25) is 5.88 Å². The molecule has 2 amide bonds. The number of carbonyl (C=O) groups is 1. The fraction of sp³-hybridized carbons (Fsp3) is 0.478. The third kappa shape index (κ3) is 4.08. The molecule has 6 heteroatoms. The summed E-state index contributed by atoms with van der Waals surface area (Å²) in [6, 6.07) is 12.4. The summed E-state index contributed by atoms with van der Waals surface area (Å²) in [6.45, 7) is 5.12. The Morgan fingerprint density at radius 1 is 1.31 bits per heavy atom. The van der Waals surface area contributed by atoms with Gasteiger partial charge in [-0.05, 0) is 43.9 Å². The number of pyridine rings is 1. The van der Waals surface area contributed by atoms with Crippen LogP contribution in [0.1, 0.15) is 47.8 Å². The zero-order valence-electron chi connectivity index (χ0n) is 17.4. The lowest BCUT2D eigenvalue weighted by Gasteiger charge is -2.36. The van der Waals surface area contributed by atoms with Crippen molar-refractivity contribution >= 4 is 6.03 Å². The summed E-state index contributed by atoms with van der Waals surface area (Å²) < 4.78 is 11.7. The maximum Gasteiger partial charge on any atom is 0.318 e. The summed E-state index contributed by atoms with van der Waals surface area (Å²) in [5.41, 5.74) is 4.08. The van der Waals surface area contributed by atoms with Crippen molar-refractivity contribution in [3.8, 4) is 5.88 Å². The van der Waals surface area contributed by atoms with Crippen molar-refractivity contribution in [2.75, 3.05) is 13.7 Å². The molecule has 29 heavy (non-hydrogen) atoms. The molecular formula is C23H29N3O3. The first kappa shape index (κ1) is 19.7. The SMILES string of the molecule is COc1nc(C)cc(C)c1CNC(=O)N1CCCC2OC(c3ccccc3)CC21. The maximum absolute atomic E-state index is 13.0. The molecule has 3 atom stereocenters. The highest BCUT2D eigenvalue weighted by Crippen LogP contribution is 2.39. The minimum absolute atomic E-state index is 0.0426. The number of aryl methyl sites for hydroxylation is 2. The zero-order valence-corrected chi connectivity index (χ0v) is 17.4. The van der Waals surface area contributed by atoms with Gasteiger partial charge in [0.05, 0.1) is 31.9 Å². The molecule has 2 aliphatic heterocycles. The van der Waals surface area contributed by atoms with Crippen LogP contribution in [0, 0.1) is 13.8 Å². The number of ether oxygens (including phenoxy) is 2. The Labute approximate surface area is 172 Å². The minimum atomic E-state index is -0.0426. The summed E-state index contributed by atoms with van der Waals surface area (Å²) in [6.07, 6.45) is 2.98. The van der Waals surface area contributed by atoms with E-state index in [0.29, 0.717) is 12.4 Å². The van der Waals surface area contributed by atoms with E-state index in [1.807, 2.05) is 43.0 Å². The van der Waals surface area contributed by atoms with E-state index in [-0.39, 0.29) is 24.3 Å². The minimum Gasteiger partial charge on any atom is -0.481 e. The first-order valence-corrected chi connectivity index (χ1v) is 10.3. The predicted molar refractivity (Wildman–Crippen MR) is 111 cm³/mol. The van der Waals surface area contributed by atoms with E-state index in [2.05, 4.69) is 22.4 Å². The topological polar surface area (TPSA) is 63.7 Å². The molecule has 0 spiro atoms. The van der Waals surface area contributed by atoms with Crippen LogP contribution in [-0.2, 0) is 11.3 Å². The number of amides is 2. The first-order chi connectivity index (χ1) is 14.1. The number of piperidine rings is 1. The third-order valence-corrected chi connectivity index (χ3v) is 5.99. The van der Waals surface area contributed by atoms with Crippen LogP contribution in [0.25, 0.3) is 0 Å². The van der Waals surface area contributed by atoms with E-state index in [9.17, 15) is 4.79 Å². The van der Waals surface area contributed by atoms with Crippen molar-refractivity contribution in [3.05, 3.63) is 58.8 Å². The van der Waals surface area contributed by atoms with E-state index in [0.717, 1.165) is 42.6 Å². The highest BCUT2D eigenvalue weighted by Gasteiger charge is 2.43.